The van der Waals surface area contributed by atoms with Crippen molar-refractivity contribution in [2.45, 2.75) is 6.61 Å². The maximum absolute atomic E-state index is 10.9. The highest BCUT2D eigenvalue weighted by molar-refractivity contribution is 6.31. The number of rotatable bonds is 6. The van der Waals surface area contributed by atoms with Crippen molar-refractivity contribution in [2.24, 2.45) is 0 Å². The van der Waals surface area contributed by atoms with Crippen LogP contribution in [0.4, 0.5) is 5.69 Å². The molecule has 0 saturated carbocycles. The van der Waals surface area contributed by atoms with Crippen LogP contribution in [0.3, 0.4) is 0 Å². The van der Waals surface area contributed by atoms with E-state index in [4.69, 9.17) is 16.3 Å². The number of nitrogens with zero attached hydrogens (tertiary/aromatic N) is 2. The molecule has 0 bridgehead atoms. The third-order valence-corrected chi connectivity index (χ3v) is 4.40. The zero-order valence-electron chi connectivity index (χ0n) is 14.7. The van der Waals surface area contributed by atoms with Gasteiger partial charge in [0.25, 0.3) is 5.69 Å². The minimum atomic E-state index is -0.483. The van der Waals surface area contributed by atoms with Gasteiger partial charge in [-0.2, -0.15) is 5.26 Å². The monoisotopic (exact) mass is 390 g/mol. The molecule has 0 aliphatic carbocycles. The van der Waals surface area contributed by atoms with Crippen molar-refractivity contribution in [1.29, 1.82) is 5.26 Å². The molecule has 0 radical (unpaired) electrons. The van der Waals surface area contributed by atoms with Gasteiger partial charge in [0.05, 0.1) is 16.6 Å². The standard InChI is InChI=1S/C22H15ClN2O3/c23-22-7-2-1-4-18(22)15-28-21-10-8-16(9-11-21)12-19(14-24)17-5-3-6-20(13-17)25(26)27/h1-13H,15H2/b19-12-. The Labute approximate surface area is 167 Å². The summed E-state index contributed by atoms with van der Waals surface area (Å²) in [6.45, 7) is 0.353. The summed E-state index contributed by atoms with van der Waals surface area (Å²) in [5, 5.41) is 21.0. The van der Waals surface area contributed by atoms with Crippen LogP contribution in [-0.4, -0.2) is 4.92 Å². The maximum Gasteiger partial charge on any atom is 0.270 e. The van der Waals surface area contributed by atoms with Crippen molar-refractivity contribution in [2.75, 3.05) is 0 Å². The molecular formula is C22H15ClN2O3. The second-order valence-corrected chi connectivity index (χ2v) is 6.33. The lowest BCUT2D eigenvalue weighted by atomic mass is 10.0. The van der Waals surface area contributed by atoms with E-state index < -0.39 is 4.92 Å². The van der Waals surface area contributed by atoms with Gasteiger partial charge in [0.1, 0.15) is 12.4 Å². The fraction of sp³-hybridized carbons (Fsp3) is 0.0455. The lowest BCUT2D eigenvalue weighted by Crippen LogP contribution is -1.96. The van der Waals surface area contributed by atoms with Gasteiger partial charge in [-0.05, 0) is 35.4 Å². The second-order valence-electron chi connectivity index (χ2n) is 5.93. The van der Waals surface area contributed by atoms with E-state index in [2.05, 4.69) is 6.07 Å². The molecule has 138 valence electrons. The molecule has 5 nitrogen and oxygen atoms in total. The van der Waals surface area contributed by atoms with E-state index in [0.29, 0.717) is 28.5 Å². The lowest BCUT2D eigenvalue weighted by Gasteiger charge is -2.08. The minimum absolute atomic E-state index is 0.0537. The van der Waals surface area contributed by atoms with Crippen molar-refractivity contribution >= 4 is 28.9 Å². The summed E-state index contributed by atoms with van der Waals surface area (Å²) in [4.78, 5) is 10.4. The molecule has 3 aromatic carbocycles. The lowest BCUT2D eigenvalue weighted by molar-refractivity contribution is -0.384. The van der Waals surface area contributed by atoms with Gasteiger partial charge in [0, 0.05) is 22.7 Å². The number of benzene rings is 3. The molecule has 0 amide bonds. The first-order valence-electron chi connectivity index (χ1n) is 8.40. The normalized spacial score (nSPS) is 10.9. The number of nitro benzene ring substituents is 1. The summed E-state index contributed by atoms with van der Waals surface area (Å²) in [6.07, 6.45) is 1.68. The Balaban J connectivity index is 1.75. The number of halogens is 1. The zero-order chi connectivity index (χ0) is 19.9. The van der Waals surface area contributed by atoms with Crippen LogP contribution in [0.5, 0.6) is 5.75 Å². The highest BCUT2D eigenvalue weighted by atomic mass is 35.5. The molecule has 3 aromatic rings. The van der Waals surface area contributed by atoms with Crippen molar-refractivity contribution in [3.05, 3.63) is 105 Å². The first-order chi connectivity index (χ1) is 13.6. The molecule has 6 heteroatoms. The van der Waals surface area contributed by atoms with E-state index in [0.717, 1.165) is 11.1 Å². The van der Waals surface area contributed by atoms with Crippen LogP contribution in [0.25, 0.3) is 11.6 Å². The van der Waals surface area contributed by atoms with Crippen molar-refractivity contribution in [3.8, 4) is 11.8 Å². The molecule has 0 aromatic heterocycles. The van der Waals surface area contributed by atoms with Crippen LogP contribution in [0.15, 0.2) is 72.8 Å². The zero-order valence-corrected chi connectivity index (χ0v) is 15.5. The Kier molecular flexibility index (Phi) is 6.05. The fourth-order valence-corrected chi connectivity index (χ4v) is 2.76. The van der Waals surface area contributed by atoms with E-state index in [9.17, 15) is 15.4 Å². The average Bonchev–Trinajstić information content (AvgIpc) is 2.72. The molecule has 0 saturated heterocycles. The number of allylic oxidation sites excluding steroid dienone is 1. The van der Waals surface area contributed by atoms with Crippen molar-refractivity contribution in [1.82, 2.24) is 0 Å². The summed E-state index contributed by atoms with van der Waals surface area (Å²) in [6, 6.07) is 22.8. The Morgan fingerprint density at radius 1 is 1.11 bits per heavy atom. The maximum atomic E-state index is 10.9. The summed E-state index contributed by atoms with van der Waals surface area (Å²) in [5.41, 5.74) is 2.46. The van der Waals surface area contributed by atoms with Crippen LogP contribution in [0.2, 0.25) is 5.02 Å². The predicted octanol–water partition coefficient (Wildman–Crippen LogP) is 5.89. The highest BCUT2D eigenvalue weighted by Crippen LogP contribution is 2.24. The van der Waals surface area contributed by atoms with Gasteiger partial charge in [-0.15, -0.1) is 0 Å². The molecule has 0 aliphatic heterocycles. The molecule has 0 heterocycles. The van der Waals surface area contributed by atoms with E-state index in [1.165, 1.54) is 12.1 Å². The average molecular weight is 391 g/mol. The van der Waals surface area contributed by atoms with E-state index >= 15 is 0 Å². The predicted molar refractivity (Wildman–Crippen MR) is 109 cm³/mol. The molecule has 0 unspecified atom stereocenters. The number of ether oxygens (including phenoxy) is 1. The number of non-ortho nitro benzene ring substituents is 1. The molecule has 0 atom stereocenters. The summed E-state index contributed by atoms with van der Waals surface area (Å²) < 4.78 is 5.74. The topological polar surface area (TPSA) is 76.2 Å². The van der Waals surface area contributed by atoms with Crippen LogP contribution in [-0.2, 0) is 6.61 Å². The van der Waals surface area contributed by atoms with Gasteiger partial charge < -0.3 is 4.74 Å². The first kappa shape index (κ1) is 19.2. The van der Waals surface area contributed by atoms with Crippen LogP contribution < -0.4 is 4.74 Å². The van der Waals surface area contributed by atoms with Crippen molar-refractivity contribution < 1.29 is 9.66 Å². The van der Waals surface area contributed by atoms with Gasteiger partial charge in [-0.1, -0.05) is 54.1 Å². The second kappa shape index (κ2) is 8.85. The number of hydrogen-bond acceptors (Lipinski definition) is 4. The molecule has 3 rings (SSSR count). The minimum Gasteiger partial charge on any atom is -0.489 e. The third kappa shape index (κ3) is 4.76. The smallest absolute Gasteiger partial charge is 0.270 e. The number of nitro groups is 1. The fourth-order valence-electron chi connectivity index (χ4n) is 2.57. The number of hydrogen-bond donors (Lipinski definition) is 0. The van der Waals surface area contributed by atoms with E-state index in [1.54, 1.807) is 30.3 Å². The van der Waals surface area contributed by atoms with Crippen LogP contribution >= 0.6 is 11.6 Å². The van der Waals surface area contributed by atoms with Crippen LogP contribution in [0.1, 0.15) is 16.7 Å². The molecule has 0 N–H and O–H groups in total. The van der Waals surface area contributed by atoms with Crippen LogP contribution in [0, 0.1) is 21.4 Å². The molecule has 28 heavy (non-hydrogen) atoms. The van der Waals surface area contributed by atoms with E-state index in [1.807, 2.05) is 36.4 Å². The van der Waals surface area contributed by atoms with Gasteiger partial charge in [-0.3, -0.25) is 10.1 Å². The molecule has 0 spiro atoms. The van der Waals surface area contributed by atoms with E-state index in [-0.39, 0.29) is 5.69 Å². The van der Waals surface area contributed by atoms with Gasteiger partial charge in [0.2, 0.25) is 0 Å². The molecular weight excluding hydrogens is 376 g/mol. The van der Waals surface area contributed by atoms with Crippen molar-refractivity contribution in [3.63, 3.8) is 0 Å². The summed E-state index contributed by atoms with van der Waals surface area (Å²) >= 11 is 6.12. The van der Waals surface area contributed by atoms with Gasteiger partial charge in [0.15, 0.2) is 0 Å². The SMILES string of the molecule is N#C/C(=C/c1ccc(OCc2ccccc2Cl)cc1)c1cccc([N+](=O)[O-])c1. The number of nitriles is 1. The van der Waals surface area contributed by atoms with Gasteiger partial charge >= 0.3 is 0 Å². The quantitative estimate of drug-likeness (QED) is 0.227. The summed E-state index contributed by atoms with van der Waals surface area (Å²) in [5.74, 6) is 0.672. The largest absolute Gasteiger partial charge is 0.489 e. The molecule has 0 aliphatic rings. The Bertz CT molecular complexity index is 1070. The first-order valence-corrected chi connectivity index (χ1v) is 8.77. The molecule has 0 fully saturated rings. The highest BCUT2D eigenvalue weighted by Gasteiger charge is 2.09. The summed E-state index contributed by atoms with van der Waals surface area (Å²) in [7, 11) is 0. The Hall–Kier alpha value is -3.62. The Morgan fingerprint density at radius 2 is 1.86 bits per heavy atom. The van der Waals surface area contributed by atoms with Gasteiger partial charge in [-0.25, -0.2) is 0 Å². The Morgan fingerprint density at radius 3 is 2.54 bits per heavy atom. The third-order valence-electron chi connectivity index (χ3n) is 4.03.